The molecule has 0 aliphatic heterocycles. The number of benzene rings is 7. The molecule has 7 aromatic rings. The van der Waals surface area contributed by atoms with Gasteiger partial charge in [0, 0.05) is 43.6 Å². The first-order chi connectivity index (χ1) is 21.3. The first-order valence-corrected chi connectivity index (χ1v) is 15.3. The largest absolute Gasteiger partial charge is 0.311 e. The minimum atomic E-state index is 1.13. The molecule has 0 unspecified atom stereocenters. The van der Waals surface area contributed by atoms with Crippen molar-refractivity contribution in [1.29, 1.82) is 0 Å². The summed E-state index contributed by atoms with van der Waals surface area (Å²) in [6.07, 6.45) is 0. The van der Waals surface area contributed by atoms with E-state index < -0.39 is 0 Å². The highest BCUT2D eigenvalue weighted by molar-refractivity contribution is 7.99. The van der Waals surface area contributed by atoms with E-state index in [9.17, 15) is 0 Å². The van der Waals surface area contributed by atoms with Gasteiger partial charge in [-0.3, -0.25) is 0 Å². The lowest BCUT2D eigenvalue weighted by Gasteiger charge is -2.27. The van der Waals surface area contributed by atoms with E-state index >= 15 is 0 Å². The van der Waals surface area contributed by atoms with E-state index in [4.69, 9.17) is 0 Å². The van der Waals surface area contributed by atoms with E-state index in [0.29, 0.717) is 0 Å². The fourth-order valence-corrected chi connectivity index (χ4v) is 6.29. The van der Waals surface area contributed by atoms with Gasteiger partial charge in [-0.05, 0) is 96.4 Å². The Kier molecular flexibility index (Phi) is 7.63. The monoisotopic (exact) mass is 570 g/mol. The van der Waals surface area contributed by atoms with E-state index in [2.05, 4.69) is 192 Å². The summed E-state index contributed by atoms with van der Waals surface area (Å²) in [4.78, 5) is 7.03. The lowest BCUT2D eigenvalue weighted by Crippen LogP contribution is -2.10. The minimum Gasteiger partial charge on any atom is -0.311 e. The third-order valence-corrected chi connectivity index (χ3v) is 8.49. The average Bonchev–Trinajstić information content (AvgIpc) is 3.08. The molecule has 0 heterocycles. The maximum atomic E-state index is 2.34. The zero-order valence-corrected chi connectivity index (χ0v) is 24.4. The van der Waals surface area contributed by atoms with Crippen molar-refractivity contribution in [2.75, 3.05) is 9.80 Å². The standard InChI is InChI=1S/C40H30N2S/c1-4-15-32(16-5-1)41(33-17-6-2-7-18-33)35-23-27-37(28-24-35)43-38-29-25-36(26-30-38)42(34-19-8-3-9-20-34)40-22-12-14-31-13-10-11-21-39(31)40/h1-30H. The van der Waals surface area contributed by atoms with Crippen LogP contribution in [-0.2, 0) is 0 Å². The van der Waals surface area contributed by atoms with Gasteiger partial charge in [-0.1, -0.05) is 103 Å². The van der Waals surface area contributed by atoms with E-state index in [1.165, 1.54) is 26.3 Å². The van der Waals surface area contributed by atoms with Crippen LogP contribution in [0.1, 0.15) is 0 Å². The highest BCUT2D eigenvalue weighted by atomic mass is 32.2. The molecule has 0 bridgehead atoms. The van der Waals surface area contributed by atoms with Crippen molar-refractivity contribution in [1.82, 2.24) is 0 Å². The molecule has 0 aromatic heterocycles. The van der Waals surface area contributed by atoms with Gasteiger partial charge in [-0.25, -0.2) is 0 Å². The van der Waals surface area contributed by atoms with Gasteiger partial charge in [-0.15, -0.1) is 0 Å². The van der Waals surface area contributed by atoms with Crippen LogP contribution in [0.15, 0.2) is 192 Å². The smallest absolute Gasteiger partial charge is 0.0540 e. The topological polar surface area (TPSA) is 6.48 Å². The molecule has 43 heavy (non-hydrogen) atoms. The molecular formula is C40H30N2S. The summed E-state index contributed by atoms with van der Waals surface area (Å²) in [6, 6.07) is 64.4. The quantitative estimate of drug-likeness (QED) is 0.179. The zero-order chi connectivity index (χ0) is 28.8. The van der Waals surface area contributed by atoms with Crippen LogP contribution < -0.4 is 9.80 Å². The van der Waals surface area contributed by atoms with Crippen LogP contribution in [0, 0.1) is 0 Å². The number of nitrogens with zero attached hydrogens (tertiary/aromatic N) is 2. The van der Waals surface area contributed by atoms with Gasteiger partial charge in [0.15, 0.2) is 0 Å². The summed E-state index contributed by atoms with van der Waals surface area (Å²) in [5, 5.41) is 2.46. The number of hydrogen-bond acceptors (Lipinski definition) is 3. The molecule has 0 aliphatic carbocycles. The van der Waals surface area contributed by atoms with Gasteiger partial charge < -0.3 is 9.80 Å². The Labute approximate surface area is 257 Å². The molecule has 0 aliphatic rings. The van der Waals surface area contributed by atoms with Gasteiger partial charge in [0.2, 0.25) is 0 Å². The molecule has 0 saturated carbocycles. The van der Waals surface area contributed by atoms with Gasteiger partial charge in [0.1, 0.15) is 0 Å². The Morgan fingerprint density at radius 1 is 0.302 bits per heavy atom. The van der Waals surface area contributed by atoms with Crippen LogP contribution in [0.4, 0.5) is 34.1 Å². The lowest BCUT2D eigenvalue weighted by molar-refractivity contribution is 1.26. The van der Waals surface area contributed by atoms with E-state index in [-0.39, 0.29) is 0 Å². The summed E-state index contributed by atoms with van der Waals surface area (Å²) in [6.45, 7) is 0. The summed E-state index contributed by atoms with van der Waals surface area (Å²) in [5.74, 6) is 0. The molecule has 0 saturated heterocycles. The zero-order valence-electron chi connectivity index (χ0n) is 23.6. The first kappa shape index (κ1) is 26.6. The summed E-state index contributed by atoms with van der Waals surface area (Å²) < 4.78 is 0. The molecule has 3 heteroatoms. The fraction of sp³-hybridized carbons (Fsp3) is 0. The number of para-hydroxylation sites is 3. The molecule has 0 radical (unpaired) electrons. The molecule has 0 fully saturated rings. The van der Waals surface area contributed by atoms with Gasteiger partial charge >= 0.3 is 0 Å². The Balaban J connectivity index is 1.16. The van der Waals surface area contributed by atoms with Gasteiger partial charge in [0.05, 0.1) is 5.69 Å². The molecular weight excluding hydrogens is 541 g/mol. The number of hydrogen-bond donors (Lipinski definition) is 0. The normalized spacial score (nSPS) is 10.9. The Bertz CT molecular complexity index is 1880. The highest BCUT2D eigenvalue weighted by Gasteiger charge is 2.15. The van der Waals surface area contributed by atoms with Crippen molar-refractivity contribution in [3.8, 4) is 0 Å². The van der Waals surface area contributed by atoms with E-state index in [1.807, 2.05) is 0 Å². The molecule has 0 spiro atoms. The summed E-state index contributed by atoms with van der Waals surface area (Å²) >= 11 is 1.78. The van der Waals surface area contributed by atoms with Crippen molar-refractivity contribution in [3.05, 3.63) is 182 Å². The van der Waals surface area contributed by atoms with E-state index in [1.54, 1.807) is 11.8 Å². The second-order valence-corrected chi connectivity index (χ2v) is 11.4. The Hall–Kier alpha value is -5.25. The van der Waals surface area contributed by atoms with Crippen molar-refractivity contribution in [2.24, 2.45) is 0 Å². The highest BCUT2D eigenvalue weighted by Crippen LogP contribution is 2.40. The molecule has 2 nitrogen and oxygen atoms in total. The number of anilines is 6. The minimum absolute atomic E-state index is 1.13. The van der Waals surface area contributed by atoms with E-state index in [0.717, 1.165) is 28.4 Å². The Morgan fingerprint density at radius 3 is 1.23 bits per heavy atom. The number of rotatable bonds is 8. The SMILES string of the molecule is c1ccc(N(c2ccccc2)c2ccc(Sc3ccc(N(c4ccccc4)c4cccc5ccccc45)cc3)cc2)cc1. The number of fused-ring (bicyclic) bond motifs is 1. The van der Waals surface area contributed by atoms with Crippen LogP contribution in [0.3, 0.4) is 0 Å². The fourth-order valence-electron chi connectivity index (χ4n) is 5.47. The third-order valence-electron chi connectivity index (χ3n) is 7.48. The molecule has 0 amide bonds. The second-order valence-electron chi connectivity index (χ2n) is 10.3. The lowest BCUT2D eigenvalue weighted by atomic mass is 10.1. The maximum absolute atomic E-state index is 2.34. The first-order valence-electron chi connectivity index (χ1n) is 14.4. The van der Waals surface area contributed by atoms with Gasteiger partial charge in [-0.2, -0.15) is 0 Å². The molecule has 7 aromatic carbocycles. The van der Waals surface area contributed by atoms with Crippen molar-refractivity contribution >= 4 is 56.7 Å². The second kappa shape index (κ2) is 12.3. The molecule has 7 rings (SSSR count). The summed E-state index contributed by atoms with van der Waals surface area (Å²) in [7, 11) is 0. The predicted octanol–water partition coefficient (Wildman–Crippen LogP) is 11.9. The summed E-state index contributed by atoms with van der Waals surface area (Å²) in [5.41, 5.74) is 6.84. The van der Waals surface area contributed by atoms with Crippen LogP contribution in [-0.4, -0.2) is 0 Å². The van der Waals surface area contributed by atoms with Crippen molar-refractivity contribution in [3.63, 3.8) is 0 Å². The van der Waals surface area contributed by atoms with Crippen LogP contribution in [0.2, 0.25) is 0 Å². The molecule has 206 valence electrons. The van der Waals surface area contributed by atoms with Gasteiger partial charge in [0.25, 0.3) is 0 Å². The maximum Gasteiger partial charge on any atom is 0.0540 e. The van der Waals surface area contributed by atoms with Crippen molar-refractivity contribution < 1.29 is 0 Å². The average molecular weight is 571 g/mol. The van der Waals surface area contributed by atoms with Crippen LogP contribution >= 0.6 is 11.8 Å². The molecule has 0 N–H and O–H groups in total. The van der Waals surface area contributed by atoms with Crippen LogP contribution in [0.25, 0.3) is 10.8 Å². The predicted molar refractivity (Wildman–Crippen MR) is 184 cm³/mol. The third kappa shape index (κ3) is 5.76. The molecule has 0 atom stereocenters. The Morgan fingerprint density at radius 2 is 0.698 bits per heavy atom. The van der Waals surface area contributed by atoms with Crippen LogP contribution in [0.5, 0.6) is 0 Å². The van der Waals surface area contributed by atoms with Crippen molar-refractivity contribution in [2.45, 2.75) is 9.79 Å².